The van der Waals surface area contributed by atoms with E-state index in [9.17, 15) is 4.79 Å². The second-order valence-electron chi connectivity index (χ2n) is 11.3. The van der Waals surface area contributed by atoms with E-state index < -0.39 is 17.3 Å². The maximum atomic E-state index is 15.9. The predicted molar refractivity (Wildman–Crippen MR) is 149 cm³/mol. The average molecular weight is 545 g/mol. The highest BCUT2D eigenvalue weighted by molar-refractivity contribution is 5.91. The molecule has 3 aliphatic rings. The first-order valence-corrected chi connectivity index (χ1v) is 13.8. The van der Waals surface area contributed by atoms with Crippen molar-refractivity contribution in [2.45, 2.75) is 63.5 Å². The number of nitrogen functional groups attached to an aromatic ring is 1. The lowest BCUT2D eigenvalue weighted by molar-refractivity contribution is 0.423. The Morgan fingerprint density at radius 2 is 1.70 bits per heavy atom. The molecule has 4 aromatic rings. The van der Waals surface area contributed by atoms with E-state index in [1.54, 1.807) is 6.33 Å². The molecule has 2 atom stereocenters. The van der Waals surface area contributed by atoms with Crippen molar-refractivity contribution >= 4 is 22.5 Å². The van der Waals surface area contributed by atoms with Crippen molar-refractivity contribution in [3.8, 4) is 16.9 Å². The van der Waals surface area contributed by atoms with Gasteiger partial charge in [-0.2, -0.15) is 4.98 Å². The minimum Gasteiger partial charge on any atom is -0.398 e. The predicted octanol–water partition coefficient (Wildman–Crippen LogP) is 4.04. The number of halogens is 2. The number of fused-ring (bicyclic) bond motifs is 1. The fraction of sp³-hybridized carbons (Fsp3) is 0.414. The molecular weight excluding hydrogens is 514 g/mol. The zero-order valence-electron chi connectivity index (χ0n) is 22.4. The molecule has 1 aromatic carbocycles. The summed E-state index contributed by atoms with van der Waals surface area (Å²) in [6.07, 6.45) is 5.40. The van der Waals surface area contributed by atoms with Gasteiger partial charge in [-0.3, -0.25) is 0 Å². The summed E-state index contributed by atoms with van der Waals surface area (Å²) in [6.45, 7) is 5.33. The average Bonchev–Trinajstić information content (AvgIpc) is 3.84. The third kappa shape index (κ3) is 4.11. The highest BCUT2D eigenvalue weighted by atomic mass is 19.1. The summed E-state index contributed by atoms with van der Waals surface area (Å²) in [5.74, 6) is -0.683. The molecule has 3 N–H and O–H groups in total. The van der Waals surface area contributed by atoms with Crippen LogP contribution in [-0.2, 0) is 0 Å². The highest BCUT2D eigenvalue weighted by Crippen LogP contribution is 2.47. The first-order valence-electron chi connectivity index (χ1n) is 13.8. The third-order valence-corrected chi connectivity index (χ3v) is 8.15. The summed E-state index contributed by atoms with van der Waals surface area (Å²) >= 11 is 0. The molecule has 9 nitrogen and oxygen atoms in total. The van der Waals surface area contributed by atoms with Crippen molar-refractivity contribution in [1.82, 2.24) is 29.8 Å². The van der Waals surface area contributed by atoms with Crippen LogP contribution in [0.3, 0.4) is 0 Å². The number of hydrogen-bond donors (Lipinski definition) is 2. The molecular formula is C29H30F2N8O. The quantitative estimate of drug-likeness (QED) is 0.362. The maximum absolute atomic E-state index is 15.9. The van der Waals surface area contributed by atoms with Crippen LogP contribution in [0.25, 0.3) is 28.0 Å². The van der Waals surface area contributed by atoms with Crippen LogP contribution < -0.4 is 21.6 Å². The fourth-order valence-electron chi connectivity index (χ4n) is 5.76. The van der Waals surface area contributed by atoms with E-state index in [-0.39, 0.29) is 46.5 Å². The van der Waals surface area contributed by atoms with E-state index >= 15 is 8.78 Å². The topological polar surface area (TPSA) is 115 Å². The third-order valence-electron chi connectivity index (χ3n) is 8.15. The van der Waals surface area contributed by atoms with Gasteiger partial charge in [0.1, 0.15) is 23.7 Å². The van der Waals surface area contributed by atoms with Gasteiger partial charge in [-0.25, -0.2) is 33.1 Å². The first kappa shape index (κ1) is 25.0. The molecule has 1 aliphatic heterocycles. The smallest absolute Gasteiger partial charge is 0.355 e. The molecule has 0 bridgehead atoms. The number of hydrogen-bond acceptors (Lipinski definition) is 8. The largest absolute Gasteiger partial charge is 0.398 e. The number of pyridine rings is 1. The molecule has 40 heavy (non-hydrogen) atoms. The lowest BCUT2D eigenvalue weighted by Gasteiger charge is -2.38. The molecule has 0 radical (unpaired) electrons. The molecule has 7 rings (SSSR count). The van der Waals surface area contributed by atoms with Crippen molar-refractivity contribution in [3.63, 3.8) is 0 Å². The number of anilines is 2. The van der Waals surface area contributed by atoms with Crippen LogP contribution in [0.15, 0.2) is 35.4 Å². The summed E-state index contributed by atoms with van der Waals surface area (Å²) in [5, 5.41) is 3.79. The molecule has 0 amide bonds. The molecule has 2 saturated carbocycles. The molecule has 11 heteroatoms. The molecule has 0 spiro atoms. The number of benzene rings is 1. The van der Waals surface area contributed by atoms with E-state index in [0.29, 0.717) is 30.0 Å². The molecule has 1 saturated heterocycles. The molecule has 0 unspecified atom stereocenters. The Balaban J connectivity index is 1.57. The molecule has 3 aromatic heterocycles. The van der Waals surface area contributed by atoms with Crippen molar-refractivity contribution < 1.29 is 8.78 Å². The van der Waals surface area contributed by atoms with Gasteiger partial charge in [-0.15, -0.1) is 0 Å². The van der Waals surface area contributed by atoms with Crippen molar-refractivity contribution in [1.29, 1.82) is 0 Å². The Labute approximate surface area is 229 Å². The lowest BCUT2D eigenvalue weighted by atomic mass is 10.1. The van der Waals surface area contributed by atoms with E-state index in [0.717, 1.165) is 37.1 Å². The Hall–Kier alpha value is -3.99. The maximum Gasteiger partial charge on any atom is 0.355 e. The van der Waals surface area contributed by atoms with Gasteiger partial charge < -0.3 is 16.0 Å². The van der Waals surface area contributed by atoms with Crippen LogP contribution in [0.4, 0.5) is 20.3 Å². The van der Waals surface area contributed by atoms with Crippen LogP contribution in [-0.4, -0.2) is 49.7 Å². The van der Waals surface area contributed by atoms with Crippen LogP contribution in [0.1, 0.15) is 62.8 Å². The number of nitrogens with one attached hydrogen (secondary N) is 1. The first-order chi connectivity index (χ1) is 19.3. The van der Waals surface area contributed by atoms with E-state index in [1.807, 2.05) is 18.7 Å². The van der Waals surface area contributed by atoms with Crippen LogP contribution >= 0.6 is 0 Å². The van der Waals surface area contributed by atoms with Gasteiger partial charge in [0.2, 0.25) is 0 Å². The minimum atomic E-state index is -0.748. The van der Waals surface area contributed by atoms with Crippen molar-refractivity contribution in [3.05, 3.63) is 64.1 Å². The fourth-order valence-corrected chi connectivity index (χ4v) is 5.76. The standard InChI is InChI=1S/C29H30F2N8O/c1-14-12-38(15(2)11-33-14)27-18-10-20(31)25(22-19(30)4-3-5-21(22)32)36-28(18)39(29(40)37-27)26-23(16-6-7-16)34-13-35-24(26)17-8-9-17/h3-5,10,13-17,33H,6-9,11-12,32H2,1-2H3/t14-,15+/m1/s1. The Kier molecular flexibility index (Phi) is 5.81. The monoisotopic (exact) mass is 544 g/mol. The number of rotatable bonds is 5. The summed E-state index contributed by atoms with van der Waals surface area (Å²) in [6, 6.07) is 5.61. The second-order valence-corrected chi connectivity index (χ2v) is 11.3. The normalized spacial score (nSPS) is 21.2. The van der Waals surface area contributed by atoms with Crippen molar-refractivity contribution in [2.75, 3.05) is 23.7 Å². The van der Waals surface area contributed by atoms with Gasteiger partial charge in [0.15, 0.2) is 11.5 Å². The number of nitrogens with two attached hydrogens (primary N) is 1. The summed E-state index contributed by atoms with van der Waals surface area (Å²) in [5.41, 5.74) is 7.53. The number of aromatic nitrogens is 5. The van der Waals surface area contributed by atoms with Gasteiger partial charge in [-0.1, -0.05) is 6.07 Å². The SMILES string of the molecule is C[C@@H]1CN(c2nc(=O)n(-c3c(C4CC4)ncnc3C3CC3)c3nc(-c4c(N)cccc4F)c(F)cc23)[C@@H](C)CN1. The Morgan fingerprint density at radius 1 is 1.00 bits per heavy atom. The highest BCUT2D eigenvalue weighted by Gasteiger charge is 2.37. The number of piperazine rings is 1. The molecule has 2 aliphatic carbocycles. The lowest BCUT2D eigenvalue weighted by Crippen LogP contribution is -2.55. The van der Waals surface area contributed by atoms with Gasteiger partial charge in [0.25, 0.3) is 0 Å². The van der Waals surface area contributed by atoms with Crippen LogP contribution in [0.5, 0.6) is 0 Å². The van der Waals surface area contributed by atoms with E-state index in [2.05, 4.69) is 25.3 Å². The van der Waals surface area contributed by atoms with Gasteiger partial charge >= 0.3 is 5.69 Å². The van der Waals surface area contributed by atoms with Crippen LogP contribution in [0.2, 0.25) is 0 Å². The zero-order valence-corrected chi connectivity index (χ0v) is 22.4. The Bertz CT molecular complexity index is 1660. The van der Waals surface area contributed by atoms with Gasteiger partial charge in [0, 0.05) is 42.7 Å². The summed E-state index contributed by atoms with van der Waals surface area (Å²) in [7, 11) is 0. The van der Waals surface area contributed by atoms with Crippen molar-refractivity contribution in [2.24, 2.45) is 0 Å². The number of nitrogens with zero attached hydrogens (tertiary/aromatic N) is 6. The van der Waals surface area contributed by atoms with E-state index in [4.69, 9.17) is 5.73 Å². The minimum absolute atomic E-state index is 0.00351. The second kappa shape index (κ2) is 9.29. The summed E-state index contributed by atoms with van der Waals surface area (Å²) < 4.78 is 32.4. The van der Waals surface area contributed by atoms with Gasteiger partial charge in [-0.05, 0) is 57.7 Å². The van der Waals surface area contributed by atoms with Gasteiger partial charge in [0.05, 0.1) is 28.0 Å². The Morgan fingerprint density at radius 3 is 2.35 bits per heavy atom. The molecule has 206 valence electrons. The molecule has 4 heterocycles. The summed E-state index contributed by atoms with van der Waals surface area (Å²) in [4.78, 5) is 34.5. The molecule has 3 fully saturated rings. The zero-order chi connectivity index (χ0) is 27.7. The van der Waals surface area contributed by atoms with Crippen LogP contribution in [0, 0.1) is 11.6 Å². The van der Waals surface area contributed by atoms with E-state index in [1.165, 1.54) is 28.8 Å².